The first kappa shape index (κ1) is 20.5. The molecule has 0 spiro atoms. The number of rotatable bonds is 1. The Labute approximate surface area is 161 Å². The highest BCUT2D eigenvalue weighted by Crippen LogP contribution is 2.25. The van der Waals surface area contributed by atoms with Gasteiger partial charge in [-0.05, 0) is 68.2 Å². The number of hydrogen-bond donors (Lipinski definition) is 1. The van der Waals surface area contributed by atoms with Crippen molar-refractivity contribution in [2.45, 2.75) is 46.3 Å². The van der Waals surface area contributed by atoms with Gasteiger partial charge in [0.2, 0.25) is 0 Å². The summed E-state index contributed by atoms with van der Waals surface area (Å²) in [6.07, 6.45) is -0.379. The highest BCUT2D eigenvalue weighted by molar-refractivity contribution is 9.10. The second-order valence-corrected chi connectivity index (χ2v) is 8.33. The van der Waals surface area contributed by atoms with E-state index < -0.39 is 11.4 Å². The average molecular weight is 430 g/mol. The number of halogens is 2. The topological polar surface area (TPSA) is 61.9 Å². The minimum absolute atomic E-state index is 0.183. The lowest BCUT2D eigenvalue weighted by molar-refractivity contribution is 0.0112. The molecule has 1 aromatic carbocycles. The first-order valence-corrected chi connectivity index (χ1v) is 9.28. The predicted molar refractivity (Wildman–Crippen MR) is 102 cm³/mol. The molecule has 1 aliphatic heterocycles. The third-order valence-electron chi connectivity index (χ3n) is 4.05. The van der Waals surface area contributed by atoms with E-state index in [1.807, 2.05) is 27.7 Å². The number of carbonyl (C=O) groups is 2. The molecule has 1 N–H and O–H groups in total. The molecule has 1 aromatic rings. The van der Waals surface area contributed by atoms with Crippen molar-refractivity contribution < 1.29 is 18.7 Å². The summed E-state index contributed by atoms with van der Waals surface area (Å²) in [5, 5.41) is 2.75. The lowest BCUT2D eigenvalue weighted by Gasteiger charge is -2.40. The van der Waals surface area contributed by atoms with E-state index in [9.17, 15) is 14.0 Å². The fraction of sp³-hybridized carbons (Fsp3) is 0.556. The van der Waals surface area contributed by atoms with Crippen molar-refractivity contribution in [3.63, 3.8) is 0 Å². The summed E-state index contributed by atoms with van der Waals surface area (Å²) in [5.74, 6) is -0.436. The number of hydrogen-bond acceptors (Lipinski definition) is 3. The first-order chi connectivity index (χ1) is 12.0. The van der Waals surface area contributed by atoms with E-state index in [2.05, 4.69) is 21.2 Å². The molecule has 6 nitrogen and oxygen atoms in total. The smallest absolute Gasteiger partial charge is 0.410 e. The molecule has 1 heterocycles. The van der Waals surface area contributed by atoms with Crippen LogP contribution in [0.5, 0.6) is 0 Å². The Balaban J connectivity index is 2.00. The Bertz CT molecular complexity index is 706. The zero-order valence-electron chi connectivity index (χ0n) is 15.7. The molecule has 1 unspecified atom stereocenters. The Morgan fingerprint density at radius 1 is 1.31 bits per heavy atom. The van der Waals surface area contributed by atoms with Gasteiger partial charge in [0.1, 0.15) is 11.4 Å². The molecule has 2 rings (SSSR count). The number of urea groups is 1. The van der Waals surface area contributed by atoms with Crippen LogP contribution in [0.3, 0.4) is 0 Å². The van der Waals surface area contributed by atoms with Crippen LogP contribution in [0.1, 0.15) is 33.3 Å². The van der Waals surface area contributed by atoms with Crippen LogP contribution in [0.2, 0.25) is 0 Å². The van der Waals surface area contributed by atoms with Crippen molar-refractivity contribution in [2.75, 3.05) is 25.0 Å². The van der Waals surface area contributed by atoms with Gasteiger partial charge in [0, 0.05) is 31.4 Å². The number of anilines is 1. The summed E-state index contributed by atoms with van der Waals surface area (Å²) in [6, 6.07) is 2.41. The van der Waals surface area contributed by atoms with E-state index >= 15 is 0 Å². The number of nitrogens with zero attached hydrogens (tertiary/aromatic N) is 2. The van der Waals surface area contributed by atoms with Gasteiger partial charge >= 0.3 is 12.1 Å². The van der Waals surface area contributed by atoms with Gasteiger partial charge in [0.15, 0.2) is 0 Å². The van der Waals surface area contributed by atoms with Gasteiger partial charge in [0.05, 0.1) is 4.47 Å². The monoisotopic (exact) mass is 429 g/mol. The molecule has 1 aliphatic rings. The minimum Gasteiger partial charge on any atom is -0.444 e. The summed E-state index contributed by atoms with van der Waals surface area (Å²) in [4.78, 5) is 28.0. The molecule has 8 heteroatoms. The van der Waals surface area contributed by atoms with Crippen molar-refractivity contribution in [3.05, 3.63) is 28.0 Å². The van der Waals surface area contributed by atoms with E-state index in [-0.39, 0.29) is 18.2 Å². The number of amides is 3. The van der Waals surface area contributed by atoms with Gasteiger partial charge in [-0.1, -0.05) is 0 Å². The molecular weight excluding hydrogens is 405 g/mol. The van der Waals surface area contributed by atoms with Crippen molar-refractivity contribution in [2.24, 2.45) is 0 Å². The molecular formula is C18H25BrFN3O3. The summed E-state index contributed by atoms with van der Waals surface area (Å²) in [7, 11) is 0. The predicted octanol–water partition coefficient (Wildman–Crippen LogP) is 4.37. The van der Waals surface area contributed by atoms with Gasteiger partial charge in [-0.15, -0.1) is 0 Å². The minimum atomic E-state index is -0.558. The number of piperazine rings is 1. The fourth-order valence-electron chi connectivity index (χ4n) is 2.72. The quantitative estimate of drug-likeness (QED) is 0.720. The SMILES string of the molecule is Cc1cc(Br)c(F)cc1NC(=O)N1CCN(C(=O)OC(C)(C)C)CC1C. The number of aryl methyl sites for hydroxylation is 1. The standard InChI is InChI=1S/C18H25BrFN3O3/c1-11-8-13(19)14(20)9-15(11)21-16(24)23-7-6-22(10-12(23)2)17(25)26-18(3,4)5/h8-9,12H,6-7,10H2,1-5H3,(H,21,24). The average Bonchev–Trinajstić information content (AvgIpc) is 2.50. The van der Waals surface area contributed by atoms with Crippen LogP contribution in [-0.4, -0.2) is 53.2 Å². The van der Waals surface area contributed by atoms with Gasteiger partial charge < -0.3 is 19.9 Å². The van der Waals surface area contributed by atoms with Crippen LogP contribution >= 0.6 is 15.9 Å². The van der Waals surface area contributed by atoms with Crippen LogP contribution < -0.4 is 5.32 Å². The van der Waals surface area contributed by atoms with Crippen LogP contribution in [0.15, 0.2) is 16.6 Å². The zero-order valence-corrected chi connectivity index (χ0v) is 17.3. The van der Waals surface area contributed by atoms with E-state index in [1.54, 1.807) is 22.8 Å². The first-order valence-electron chi connectivity index (χ1n) is 8.49. The second kappa shape index (κ2) is 7.82. The Kier molecular flexibility index (Phi) is 6.16. The zero-order chi connectivity index (χ0) is 19.6. The molecule has 0 aliphatic carbocycles. The van der Waals surface area contributed by atoms with Crippen LogP contribution in [0.25, 0.3) is 0 Å². The molecule has 1 fully saturated rings. The number of benzene rings is 1. The Morgan fingerprint density at radius 3 is 2.54 bits per heavy atom. The Morgan fingerprint density at radius 2 is 1.96 bits per heavy atom. The summed E-state index contributed by atoms with van der Waals surface area (Å²) in [6.45, 7) is 10.3. The molecule has 26 heavy (non-hydrogen) atoms. The van der Waals surface area contributed by atoms with Crippen LogP contribution in [-0.2, 0) is 4.74 Å². The molecule has 0 saturated carbocycles. The van der Waals surface area contributed by atoms with Crippen LogP contribution in [0.4, 0.5) is 19.7 Å². The lowest BCUT2D eigenvalue weighted by atomic mass is 10.2. The maximum atomic E-state index is 13.7. The van der Waals surface area contributed by atoms with Crippen molar-refractivity contribution in [3.8, 4) is 0 Å². The molecule has 1 saturated heterocycles. The largest absolute Gasteiger partial charge is 0.444 e. The number of carbonyl (C=O) groups excluding carboxylic acids is 2. The summed E-state index contributed by atoms with van der Waals surface area (Å²) >= 11 is 3.13. The highest BCUT2D eigenvalue weighted by Gasteiger charge is 2.32. The molecule has 0 aromatic heterocycles. The molecule has 1 atom stereocenters. The number of nitrogens with one attached hydrogen (secondary N) is 1. The van der Waals surface area contributed by atoms with Crippen molar-refractivity contribution >= 4 is 33.7 Å². The van der Waals surface area contributed by atoms with Gasteiger partial charge in [-0.2, -0.15) is 0 Å². The Hall–Kier alpha value is -1.83. The fourth-order valence-corrected chi connectivity index (χ4v) is 3.18. The molecule has 0 radical (unpaired) electrons. The van der Waals surface area contributed by atoms with E-state index in [0.29, 0.717) is 29.8 Å². The van der Waals surface area contributed by atoms with E-state index in [0.717, 1.165) is 5.56 Å². The number of ether oxygens (including phenoxy) is 1. The maximum absolute atomic E-state index is 13.7. The van der Waals surface area contributed by atoms with Crippen molar-refractivity contribution in [1.82, 2.24) is 9.80 Å². The maximum Gasteiger partial charge on any atom is 0.410 e. The van der Waals surface area contributed by atoms with Gasteiger partial charge in [-0.25, -0.2) is 14.0 Å². The normalized spacial score (nSPS) is 17.9. The third kappa shape index (κ3) is 5.09. The van der Waals surface area contributed by atoms with Crippen molar-refractivity contribution in [1.29, 1.82) is 0 Å². The third-order valence-corrected chi connectivity index (χ3v) is 4.66. The van der Waals surface area contributed by atoms with E-state index in [1.165, 1.54) is 6.07 Å². The van der Waals surface area contributed by atoms with E-state index in [4.69, 9.17) is 4.74 Å². The lowest BCUT2D eigenvalue weighted by Crippen LogP contribution is -2.57. The summed E-state index contributed by atoms with van der Waals surface area (Å²) in [5.41, 5.74) is 0.627. The molecule has 3 amide bonds. The highest BCUT2D eigenvalue weighted by atomic mass is 79.9. The summed E-state index contributed by atoms with van der Waals surface area (Å²) < 4.78 is 19.5. The van der Waals surface area contributed by atoms with Gasteiger partial charge in [0.25, 0.3) is 0 Å². The van der Waals surface area contributed by atoms with Gasteiger partial charge in [-0.3, -0.25) is 0 Å². The molecule has 144 valence electrons. The second-order valence-electron chi connectivity index (χ2n) is 7.48. The van der Waals surface area contributed by atoms with Crippen LogP contribution in [0, 0.1) is 12.7 Å². The molecule has 0 bridgehead atoms.